The molecule has 3 N–H and O–H groups in total. The number of phosphoric acid groups is 2. The van der Waals surface area contributed by atoms with Gasteiger partial charge in [0.05, 0.1) is 26.4 Å². The topological polar surface area (TPSA) is 237 Å². The van der Waals surface area contributed by atoms with Gasteiger partial charge in [0.1, 0.15) is 19.3 Å². The fraction of sp³-hybridized carbons (Fsp3) is 0.957. The summed E-state index contributed by atoms with van der Waals surface area (Å²) in [5.74, 6) is -0.447. The maximum absolute atomic E-state index is 13.2. The van der Waals surface area contributed by atoms with Gasteiger partial charge in [0.25, 0.3) is 0 Å². The first-order valence-corrected chi connectivity index (χ1v) is 50.5. The molecule has 0 fully saturated rings. The molecule has 6 atom stereocenters. The minimum absolute atomic E-state index is 0.108. The van der Waals surface area contributed by atoms with Crippen LogP contribution in [0.5, 0.6) is 0 Å². The van der Waals surface area contributed by atoms with Crippen LogP contribution in [0.15, 0.2) is 0 Å². The molecular formula is C92H180O17P2. The summed E-state index contributed by atoms with van der Waals surface area (Å²) in [7, 11) is -9.94. The molecule has 0 aliphatic heterocycles. The average molecular weight is 1620 g/mol. The highest BCUT2D eigenvalue weighted by atomic mass is 31.2. The van der Waals surface area contributed by atoms with Gasteiger partial charge in [-0.3, -0.25) is 37.3 Å². The second kappa shape index (κ2) is 83.1. The van der Waals surface area contributed by atoms with E-state index in [-0.39, 0.29) is 25.7 Å². The normalized spacial score (nSPS) is 14.0. The van der Waals surface area contributed by atoms with Crippen molar-refractivity contribution in [1.82, 2.24) is 0 Å². The van der Waals surface area contributed by atoms with E-state index in [9.17, 15) is 43.2 Å². The molecule has 111 heavy (non-hydrogen) atoms. The molecule has 0 bridgehead atoms. The van der Waals surface area contributed by atoms with Crippen molar-refractivity contribution in [3.8, 4) is 0 Å². The van der Waals surface area contributed by atoms with Gasteiger partial charge in [0.2, 0.25) is 0 Å². The van der Waals surface area contributed by atoms with Crippen molar-refractivity contribution < 1.29 is 80.2 Å². The molecule has 17 nitrogen and oxygen atoms in total. The van der Waals surface area contributed by atoms with E-state index in [1.165, 1.54) is 315 Å². The lowest BCUT2D eigenvalue weighted by atomic mass is 9.99. The van der Waals surface area contributed by atoms with Gasteiger partial charge in [0, 0.05) is 25.7 Å². The van der Waals surface area contributed by atoms with Crippen LogP contribution >= 0.6 is 15.6 Å². The fourth-order valence-corrected chi connectivity index (χ4v) is 16.0. The molecule has 0 aliphatic carbocycles. The van der Waals surface area contributed by atoms with Crippen molar-refractivity contribution in [2.45, 2.75) is 516 Å². The number of rotatable bonds is 91. The van der Waals surface area contributed by atoms with Crippen LogP contribution in [-0.2, 0) is 65.4 Å². The molecule has 3 unspecified atom stereocenters. The molecule has 0 aliphatic rings. The molecule has 0 saturated carbocycles. The molecule has 0 saturated heterocycles. The number of ether oxygens (including phenoxy) is 4. The molecule has 0 rings (SSSR count). The standard InChI is InChI=1S/C92H180O17P2/c1-7-10-12-14-16-18-20-22-23-24-25-26-27-28-32-35-38-45-51-57-63-69-75-90(95)103-81-88(108-91(96)76-70-64-58-52-46-39-36-33-30-29-31-34-37-43-49-55-61-67-73-85(6)9-3)83-107-111(100,101)105-79-86(93)78-104-110(98,99)106-82-87(80-102-89(94)74-68-62-56-50-44-21-19-17-15-13-11-8-2)109-92(97)77-71-65-59-53-47-41-40-42-48-54-60-66-72-84(4)5/h84-88,93H,7-83H2,1-6H3,(H,98,99)(H,100,101)/t85?,86-,87+,88+/m0/s1. The quantitative estimate of drug-likeness (QED) is 0.0222. The van der Waals surface area contributed by atoms with Crippen LogP contribution in [0, 0.1) is 11.8 Å². The molecule has 0 spiro atoms. The Kier molecular flexibility index (Phi) is 81.7. The lowest BCUT2D eigenvalue weighted by molar-refractivity contribution is -0.161. The Morgan fingerprint density at radius 2 is 0.459 bits per heavy atom. The highest BCUT2D eigenvalue weighted by molar-refractivity contribution is 7.47. The summed E-state index contributed by atoms with van der Waals surface area (Å²) >= 11 is 0. The zero-order valence-corrected chi connectivity index (χ0v) is 75.1. The predicted octanol–water partition coefficient (Wildman–Crippen LogP) is 28.6. The number of carbonyl (C=O) groups is 4. The number of hydrogen-bond donors (Lipinski definition) is 3. The first-order valence-electron chi connectivity index (χ1n) is 47.5. The highest BCUT2D eigenvalue weighted by Crippen LogP contribution is 2.45. The zero-order chi connectivity index (χ0) is 81.3. The van der Waals surface area contributed by atoms with E-state index >= 15 is 0 Å². The molecule has 0 amide bonds. The molecule has 0 aromatic carbocycles. The predicted molar refractivity (Wildman–Crippen MR) is 460 cm³/mol. The van der Waals surface area contributed by atoms with E-state index in [1.54, 1.807) is 0 Å². The van der Waals surface area contributed by atoms with E-state index in [1.807, 2.05) is 0 Å². The van der Waals surface area contributed by atoms with Gasteiger partial charge in [-0.1, -0.05) is 446 Å². The third-order valence-electron chi connectivity index (χ3n) is 22.1. The second-order valence-electron chi connectivity index (χ2n) is 33.8. The van der Waals surface area contributed by atoms with Crippen molar-refractivity contribution >= 4 is 39.5 Å². The summed E-state index contributed by atoms with van der Waals surface area (Å²) in [6.07, 6.45) is 77.8. The number of carbonyl (C=O) groups excluding carboxylic acids is 4. The smallest absolute Gasteiger partial charge is 0.462 e. The van der Waals surface area contributed by atoms with Gasteiger partial charge in [-0.25, -0.2) is 9.13 Å². The van der Waals surface area contributed by atoms with Gasteiger partial charge in [0.15, 0.2) is 12.2 Å². The lowest BCUT2D eigenvalue weighted by Gasteiger charge is -2.21. The number of unbranched alkanes of at least 4 members (excludes halogenated alkanes) is 60. The summed E-state index contributed by atoms with van der Waals surface area (Å²) in [4.78, 5) is 73.4. The summed E-state index contributed by atoms with van der Waals surface area (Å²) < 4.78 is 69.1. The Balaban J connectivity index is 5.23. The SMILES string of the molecule is CCCCCCCCCCCCCCCCCCCCCCCCC(=O)OC[C@H](COP(=O)(O)OC[C@@H](O)COP(=O)(O)OC[C@@H](COC(=O)CCCCCCCCCCCCCC)OC(=O)CCCCCCCCCCCCCCC(C)C)OC(=O)CCCCCCCCCCCCCCCCCCCCC(C)CC. The van der Waals surface area contributed by atoms with Crippen LogP contribution in [-0.4, -0.2) is 96.7 Å². The van der Waals surface area contributed by atoms with Crippen molar-refractivity contribution in [3.63, 3.8) is 0 Å². The van der Waals surface area contributed by atoms with Crippen LogP contribution in [0.1, 0.15) is 497 Å². The minimum Gasteiger partial charge on any atom is -0.462 e. The first kappa shape index (κ1) is 109. The van der Waals surface area contributed by atoms with E-state index in [0.717, 1.165) is 102 Å². The molecule has 19 heteroatoms. The molecular weight excluding hydrogens is 1440 g/mol. The summed E-state index contributed by atoms with van der Waals surface area (Å²) in [5, 5.41) is 10.7. The van der Waals surface area contributed by atoms with E-state index in [0.29, 0.717) is 25.7 Å². The van der Waals surface area contributed by atoms with Crippen molar-refractivity contribution in [3.05, 3.63) is 0 Å². The minimum atomic E-state index is -4.97. The Labute approximate surface area is 683 Å². The van der Waals surface area contributed by atoms with Crippen LogP contribution in [0.2, 0.25) is 0 Å². The number of phosphoric ester groups is 2. The highest BCUT2D eigenvalue weighted by Gasteiger charge is 2.31. The first-order chi connectivity index (χ1) is 53.9. The van der Waals surface area contributed by atoms with E-state index in [2.05, 4.69) is 41.5 Å². The van der Waals surface area contributed by atoms with Crippen LogP contribution in [0.4, 0.5) is 0 Å². The van der Waals surface area contributed by atoms with Gasteiger partial charge in [-0.15, -0.1) is 0 Å². The average Bonchev–Trinajstić information content (AvgIpc) is 0.897. The van der Waals surface area contributed by atoms with E-state index < -0.39 is 97.5 Å². The molecule has 0 aromatic rings. The number of esters is 4. The summed E-state index contributed by atoms with van der Waals surface area (Å²) in [5.41, 5.74) is 0. The Morgan fingerprint density at radius 3 is 0.685 bits per heavy atom. The number of aliphatic hydroxyl groups is 1. The van der Waals surface area contributed by atoms with Crippen molar-refractivity contribution in [2.24, 2.45) is 11.8 Å². The molecule has 0 radical (unpaired) electrons. The Hall–Kier alpha value is -1.94. The van der Waals surface area contributed by atoms with Crippen molar-refractivity contribution in [2.75, 3.05) is 39.6 Å². The van der Waals surface area contributed by atoms with Crippen molar-refractivity contribution in [1.29, 1.82) is 0 Å². The van der Waals surface area contributed by atoms with Crippen LogP contribution in [0.3, 0.4) is 0 Å². The van der Waals surface area contributed by atoms with Gasteiger partial charge < -0.3 is 33.8 Å². The maximum Gasteiger partial charge on any atom is 0.472 e. The summed E-state index contributed by atoms with van der Waals surface area (Å²) in [6.45, 7) is 9.78. The van der Waals surface area contributed by atoms with Gasteiger partial charge >= 0.3 is 39.5 Å². The molecule has 0 heterocycles. The van der Waals surface area contributed by atoms with Crippen LogP contribution < -0.4 is 0 Å². The zero-order valence-electron chi connectivity index (χ0n) is 73.3. The molecule has 0 aromatic heterocycles. The van der Waals surface area contributed by atoms with Crippen LogP contribution in [0.25, 0.3) is 0 Å². The maximum atomic E-state index is 13.2. The monoisotopic (exact) mass is 1620 g/mol. The Bertz CT molecular complexity index is 2120. The number of hydrogen-bond acceptors (Lipinski definition) is 15. The Morgan fingerprint density at radius 1 is 0.261 bits per heavy atom. The fourth-order valence-electron chi connectivity index (χ4n) is 14.4. The molecule has 660 valence electrons. The third kappa shape index (κ3) is 84.3. The number of aliphatic hydroxyl groups excluding tert-OH is 1. The third-order valence-corrected chi connectivity index (χ3v) is 24.0. The summed E-state index contributed by atoms with van der Waals surface area (Å²) in [6, 6.07) is 0. The lowest BCUT2D eigenvalue weighted by Crippen LogP contribution is -2.30. The largest absolute Gasteiger partial charge is 0.472 e. The van der Waals surface area contributed by atoms with E-state index in [4.69, 9.17) is 37.0 Å². The second-order valence-corrected chi connectivity index (χ2v) is 36.7. The van der Waals surface area contributed by atoms with Gasteiger partial charge in [-0.2, -0.15) is 0 Å². The van der Waals surface area contributed by atoms with Gasteiger partial charge in [-0.05, 0) is 37.5 Å².